The molecule has 0 fully saturated rings. The van der Waals surface area contributed by atoms with Crippen molar-refractivity contribution in [2.75, 3.05) is 0 Å². The van der Waals surface area contributed by atoms with Crippen molar-refractivity contribution in [3.8, 4) is 134 Å². The van der Waals surface area contributed by atoms with Crippen LogP contribution in [0, 0.1) is 145 Å². The standard InChI is InChI=1S/2C30H32N.C29H30N.C28H28N/c1-19-11-8-9-14-25(19)26-16-27(23(5)15-22(26)4)29-17-28(24(6)18-31(29)7)30-20(2)12-10-13-21(30)3;1-19-12-13-26(21(3)14-19)28-17-30(31(7)18-24(28)6)29-16-27(22(4)15-23(29)5)25-11-9-8-10-20(25)2;1-19-11-7-9-13-24(19)26-16-28(22(4)15-21(26)3)29-17-27(23(5)18-30(29)6)25-14-10-8-12-20(25)2;1-19-11-9-10-14-24(19)26-16-27(21(3)15-20(26)2)28-17-25(22(4)18-29(28)5)23-12-7-6-8-13-23/h2*8-18H,1-7H3;7-18H,1-6H3;6-18H,1-5H3/q4*+1. The van der Waals surface area contributed by atoms with E-state index in [-0.39, 0.29) is 0 Å². The second-order valence-corrected chi connectivity index (χ2v) is 34.4. The van der Waals surface area contributed by atoms with Gasteiger partial charge in [-0.1, -0.05) is 218 Å². The van der Waals surface area contributed by atoms with Crippen molar-refractivity contribution in [3.05, 3.63) is 402 Å². The second-order valence-electron chi connectivity index (χ2n) is 34.4. The minimum absolute atomic E-state index is 1.24. The minimum atomic E-state index is 1.24. The quantitative estimate of drug-likeness (QED) is 0.108. The molecule has 16 aromatic rings. The van der Waals surface area contributed by atoms with Crippen molar-refractivity contribution >= 4 is 0 Å². The van der Waals surface area contributed by atoms with Gasteiger partial charge in [-0.2, -0.15) is 0 Å². The zero-order chi connectivity index (χ0) is 86.5. The highest BCUT2D eigenvalue weighted by molar-refractivity contribution is 5.86. The van der Waals surface area contributed by atoms with E-state index in [1.165, 1.54) is 251 Å². The monoisotopic (exact) mass is 1580 g/mol. The molecule has 0 atom stereocenters. The first kappa shape index (κ1) is 86.1. The molecule has 4 nitrogen and oxygen atoms in total. The first-order valence-electron chi connectivity index (χ1n) is 42.8. The summed E-state index contributed by atoms with van der Waals surface area (Å²) in [6, 6.07) is 95.5. The average Bonchev–Trinajstić information content (AvgIpc) is 0.787. The summed E-state index contributed by atoms with van der Waals surface area (Å²) in [6.07, 6.45) is 9.02. The molecule has 0 aliphatic heterocycles. The molecule has 0 aliphatic rings. The number of rotatable bonds is 12. The van der Waals surface area contributed by atoms with Crippen LogP contribution in [-0.2, 0) is 28.2 Å². The van der Waals surface area contributed by atoms with Crippen molar-refractivity contribution in [1.29, 1.82) is 0 Å². The summed E-state index contributed by atoms with van der Waals surface area (Å²) >= 11 is 0. The molecule has 0 spiro atoms. The molecule has 0 bridgehead atoms. The molecule has 606 valence electrons. The molecule has 4 heteroatoms. The Morgan fingerprint density at radius 3 is 0.661 bits per heavy atom. The Morgan fingerprint density at radius 2 is 0.364 bits per heavy atom. The lowest BCUT2D eigenvalue weighted by atomic mass is 9.89. The summed E-state index contributed by atoms with van der Waals surface area (Å²) in [5.41, 5.74) is 58.6. The molecule has 16 rings (SSSR count). The third kappa shape index (κ3) is 18.5. The summed E-state index contributed by atoms with van der Waals surface area (Å²) in [4.78, 5) is 0. The van der Waals surface area contributed by atoms with Crippen LogP contribution >= 0.6 is 0 Å². The maximum absolute atomic E-state index is 2.38. The van der Waals surface area contributed by atoms with Crippen LogP contribution in [0.1, 0.15) is 117 Å². The van der Waals surface area contributed by atoms with Gasteiger partial charge in [0.25, 0.3) is 0 Å². The van der Waals surface area contributed by atoms with E-state index in [0.29, 0.717) is 0 Å². The molecule has 4 aromatic heterocycles. The number of hydrogen-bond acceptors (Lipinski definition) is 0. The zero-order valence-corrected chi connectivity index (χ0v) is 76.4. The van der Waals surface area contributed by atoms with E-state index in [2.05, 4.69) is 477 Å². The first-order valence-corrected chi connectivity index (χ1v) is 42.8. The summed E-state index contributed by atoms with van der Waals surface area (Å²) in [6.45, 7) is 46.3. The third-order valence-corrected chi connectivity index (χ3v) is 25.0. The predicted octanol–water partition coefficient (Wildman–Crippen LogP) is 28.5. The van der Waals surface area contributed by atoms with E-state index in [0.717, 1.165) is 0 Å². The van der Waals surface area contributed by atoms with Crippen LogP contribution < -0.4 is 18.3 Å². The van der Waals surface area contributed by atoms with Gasteiger partial charge in [-0.25, -0.2) is 18.3 Å². The molecule has 0 saturated heterocycles. The maximum Gasteiger partial charge on any atom is 0.213 e. The fourth-order valence-corrected chi connectivity index (χ4v) is 18.4. The van der Waals surface area contributed by atoms with Crippen LogP contribution in [0.3, 0.4) is 0 Å². The van der Waals surface area contributed by atoms with Crippen molar-refractivity contribution in [2.45, 2.75) is 145 Å². The highest BCUT2D eigenvalue weighted by atomic mass is 14.9. The summed E-state index contributed by atoms with van der Waals surface area (Å²) in [5.74, 6) is 0. The first-order chi connectivity index (χ1) is 57.8. The van der Waals surface area contributed by atoms with Crippen LogP contribution in [0.25, 0.3) is 134 Å². The zero-order valence-electron chi connectivity index (χ0n) is 76.4. The number of hydrogen-bond donors (Lipinski definition) is 0. The minimum Gasteiger partial charge on any atom is -0.201 e. The fourth-order valence-electron chi connectivity index (χ4n) is 18.4. The van der Waals surface area contributed by atoms with Crippen molar-refractivity contribution < 1.29 is 18.3 Å². The lowest BCUT2D eigenvalue weighted by molar-refractivity contribution is -0.660. The Labute approximate surface area is 723 Å². The molecular formula is C117H122N4+4. The molecule has 0 N–H and O–H groups in total. The largest absolute Gasteiger partial charge is 0.213 e. The summed E-state index contributed by atoms with van der Waals surface area (Å²) < 4.78 is 9.05. The van der Waals surface area contributed by atoms with Gasteiger partial charge >= 0.3 is 0 Å². The molecule has 0 amide bonds. The molecule has 0 radical (unpaired) electrons. The van der Waals surface area contributed by atoms with Gasteiger partial charge in [0.1, 0.15) is 28.2 Å². The number of aromatic nitrogens is 4. The van der Waals surface area contributed by atoms with Crippen LogP contribution in [-0.4, -0.2) is 0 Å². The lowest BCUT2D eigenvalue weighted by Gasteiger charge is -2.16. The van der Waals surface area contributed by atoms with Crippen LogP contribution in [0.2, 0.25) is 0 Å². The number of aryl methyl sites for hydroxylation is 25. The second kappa shape index (κ2) is 36.8. The molecule has 121 heavy (non-hydrogen) atoms. The number of pyridine rings is 4. The van der Waals surface area contributed by atoms with Gasteiger partial charge < -0.3 is 0 Å². The van der Waals surface area contributed by atoms with E-state index in [1.54, 1.807) is 0 Å². The Morgan fingerprint density at radius 1 is 0.140 bits per heavy atom. The molecule has 0 aliphatic carbocycles. The fraction of sp³-hybridized carbons (Fsp3) is 0.214. The van der Waals surface area contributed by atoms with Crippen molar-refractivity contribution in [2.24, 2.45) is 28.2 Å². The smallest absolute Gasteiger partial charge is 0.201 e. The molecule has 0 unspecified atom stereocenters. The van der Waals surface area contributed by atoms with Gasteiger partial charge in [-0.15, -0.1) is 0 Å². The topological polar surface area (TPSA) is 15.5 Å². The van der Waals surface area contributed by atoms with E-state index in [4.69, 9.17) is 0 Å². The van der Waals surface area contributed by atoms with Gasteiger partial charge in [-0.3, -0.25) is 0 Å². The Balaban J connectivity index is 0.000000139. The van der Waals surface area contributed by atoms with Gasteiger partial charge in [0.05, 0.1) is 0 Å². The van der Waals surface area contributed by atoms with Crippen molar-refractivity contribution in [3.63, 3.8) is 0 Å². The van der Waals surface area contributed by atoms with E-state index in [1.807, 2.05) is 0 Å². The number of benzene rings is 12. The Kier molecular flexibility index (Phi) is 26.2. The third-order valence-electron chi connectivity index (χ3n) is 25.0. The van der Waals surface area contributed by atoms with Gasteiger partial charge in [-0.05, 0) is 348 Å². The van der Waals surface area contributed by atoms with Gasteiger partial charge in [0, 0.05) is 68.8 Å². The summed E-state index contributed by atoms with van der Waals surface area (Å²) in [7, 11) is 8.60. The Bertz CT molecular complexity index is 6500. The van der Waals surface area contributed by atoms with Gasteiger partial charge in [0.15, 0.2) is 24.8 Å². The maximum atomic E-state index is 2.38. The summed E-state index contributed by atoms with van der Waals surface area (Å²) in [5, 5.41) is 0. The molecule has 4 heterocycles. The molecule has 12 aromatic carbocycles. The van der Waals surface area contributed by atoms with Crippen LogP contribution in [0.15, 0.2) is 286 Å². The van der Waals surface area contributed by atoms with E-state index in [9.17, 15) is 0 Å². The molecular weight excluding hydrogens is 1460 g/mol. The van der Waals surface area contributed by atoms with Crippen LogP contribution in [0.4, 0.5) is 0 Å². The van der Waals surface area contributed by atoms with Crippen LogP contribution in [0.5, 0.6) is 0 Å². The van der Waals surface area contributed by atoms with Gasteiger partial charge in [0.2, 0.25) is 22.8 Å². The average molecular weight is 1580 g/mol. The highest BCUT2D eigenvalue weighted by Crippen LogP contribution is 2.42. The molecule has 0 saturated carbocycles. The number of nitrogens with zero attached hydrogens (tertiary/aromatic N) is 4. The Hall–Kier alpha value is -12.8. The lowest BCUT2D eigenvalue weighted by Crippen LogP contribution is -2.31. The normalized spacial score (nSPS) is 11.0. The highest BCUT2D eigenvalue weighted by Gasteiger charge is 2.26. The predicted molar refractivity (Wildman–Crippen MR) is 515 cm³/mol. The van der Waals surface area contributed by atoms with E-state index < -0.39 is 0 Å². The SMILES string of the molecule is Cc1c[n+](C)c(-c2cc(-c3ccccc3C)c(C)cc2C)cc1-c1ccccc1.Cc1ccc(-c2cc(-c3cc(-c4ccccc4C)c(C)cc3C)[n+](C)cc2C)c(C)c1.Cc1ccccc1-c1cc(-c2cc(-c3c(C)cccc3C)c(C)c[n+]2C)c(C)cc1C.Cc1ccccc1-c1cc(-c2cc(-c3ccccc3C)c(C)c[n+]2C)c(C)cc1C. The van der Waals surface area contributed by atoms with Crippen molar-refractivity contribution in [1.82, 2.24) is 0 Å². The van der Waals surface area contributed by atoms with E-state index >= 15 is 0 Å².